The number of nitrogens with zero attached hydrogens (tertiary/aromatic N) is 2. The molecule has 7 heteroatoms. The van der Waals surface area contributed by atoms with Gasteiger partial charge < -0.3 is 19.4 Å². The first-order valence-corrected chi connectivity index (χ1v) is 10.2. The summed E-state index contributed by atoms with van der Waals surface area (Å²) >= 11 is 0. The highest BCUT2D eigenvalue weighted by atomic mass is 19.1. The molecule has 0 saturated carbocycles. The summed E-state index contributed by atoms with van der Waals surface area (Å²) in [5, 5.41) is 3.42. The summed E-state index contributed by atoms with van der Waals surface area (Å²) in [4.78, 5) is 17.7. The summed E-state index contributed by atoms with van der Waals surface area (Å²) in [5.74, 6) is 0.599. The number of hydrogen-bond acceptors (Lipinski definition) is 4. The highest BCUT2D eigenvalue weighted by Crippen LogP contribution is 2.28. The van der Waals surface area contributed by atoms with Gasteiger partial charge in [0, 0.05) is 25.2 Å². The Morgan fingerprint density at radius 1 is 1.06 bits per heavy atom. The van der Waals surface area contributed by atoms with Gasteiger partial charge in [0.25, 0.3) is 5.91 Å². The van der Waals surface area contributed by atoms with E-state index >= 15 is 0 Å². The van der Waals surface area contributed by atoms with Crippen molar-refractivity contribution in [3.8, 4) is 22.9 Å². The van der Waals surface area contributed by atoms with Crippen LogP contribution in [0.15, 0.2) is 60.8 Å². The molecule has 6 nitrogen and oxygen atoms in total. The Morgan fingerprint density at radius 3 is 2.59 bits per heavy atom. The normalized spacial score (nSPS) is 10.9. The number of methoxy groups -OCH3 is 2. The number of aromatic nitrogens is 2. The molecule has 0 bridgehead atoms. The van der Waals surface area contributed by atoms with Gasteiger partial charge in [-0.3, -0.25) is 4.79 Å². The summed E-state index contributed by atoms with van der Waals surface area (Å²) in [7, 11) is 5.08. The Bertz CT molecular complexity index is 1280. The second kappa shape index (κ2) is 9.09. The van der Waals surface area contributed by atoms with Crippen molar-refractivity contribution in [2.45, 2.75) is 6.42 Å². The molecular weight excluding hydrogens is 409 g/mol. The first-order valence-electron chi connectivity index (χ1n) is 10.2. The largest absolute Gasteiger partial charge is 0.493 e. The molecule has 0 fully saturated rings. The predicted molar refractivity (Wildman–Crippen MR) is 122 cm³/mol. The molecule has 2 aromatic heterocycles. The molecule has 0 atom stereocenters. The first-order chi connectivity index (χ1) is 15.5. The third kappa shape index (κ3) is 4.27. The van der Waals surface area contributed by atoms with E-state index in [2.05, 4.69) is 10.3 Å². The predicted octanol–water partition coefficient (Wildman–Crippen LogP) is 4.37. The Hall–Kier alpha value is -3.87. The molecule has 4 aromatic rings. The molecule has 0 radical (unpaired) electrons. The zero-order chi connectivity index (χ0) is 22.7. The minimum atomic E-state index is -0.412. The van der Waals surface area contributed by atoms with Crippen molar-refractivity contribution >= 4 is 16.8 Å². The average molecular weight is 433 g/mol. The lowest BCUT2D eigenvalue weighted by molar-refractivity contribution is 0.0955. The molecule has 1 N–H and O–H groups in total. The average Bonchev–Trinajstić information content (AvgIpc) is 3.24. The zero-order valence-electron chi connectivity index (χ0n) is 18.2. The number of rotatable bonds is 7. The maximum atomic E-state index is 13.9. The summed E-state index contributed by atoms with van der Waals surface area (Å²) < 4.78 is 26.5. The zero-order valence-corrected chi connectivity index (χ0v) is 18.2. The molecule has 0 aliphatic rings. The number of carbonyl (C=O) groups is 1. The van der Waals surface area contributed by atoms with Gasteiger partial charge >= 0.3 is 0 Å². The van der Waals surface area contributed by atoms with Crippen LogP contribution in [0.4, 0.5) is 4.39 Å². The highest BCUT2D eigenvalue weighted by Gasteiger charge is 2.16. The van der Waals surface area contributed by atoms with Crippen LogP contribution in [-0.4, -0.2) is 36.2 Å². The number of aryl methyl sites for hydroxylation is 1. The van der Waals surface area contributed by atoms with Crippen molar-refractivity contribution in [3.05, 3.63) is 77.7 Å². The molecule has 0 unspecified atom stereocenters. The topological polar surface area (TPSA) is 65.4 Å². The van der Waals surface area contributed by atoms with Gasteiger partial charge in [0.2, 0.25) is 0 Å². The lowest BCUT2D eigenvalue weighted by Crippen LogP contribution is -2.26. The molecule has 0 aliphatic carbocycles. The van der Waals surface area contributed by atoms with Crippen molar-refractivity contribution < 1.29 is 18.7 Å². The number of fused-ring (bicyclic) bond motifs is 1. The lowest BCUT2D eigenvalue weighted by atomic mass is 10.1. The van der Waals surface area contributed by atoms with Gasteiger partial charge in [-0.15, -0.1) is 0 Å². The molecule has 0 spiro atoms. The van der Waals surface area contributed by atoms with Crippen molar-refractivity contribution in [2.75, 3.05) is 20.8 Å². The van der Waals surface area contributed by atoms with Gasteiger partial charge in [-0.25, -0.2) is 9.37 Å². The van der Waals surface area contributed by atoms with Crippen LogP contribution in [0.3, 0.4) is 0 Å². The van der Waals surface area contributed by atoms with Gasteiger partial charge in [0.05, 0.1) is 36.7 Å². The van der Waals surface area contributed by atoms with Crippen molar-refractivity contribution in [1.82, 2.24) is 14.9 Å². The maximum Gasteiger partial charge on any atom is 0.252 e. The molecule has 32 heavy (non-hydrogen) atoms. The quantitative estimate of drug-likeness (QED) is 0.470. The number of carbonyl (C=O) groups excluding carboxylic acids is 1. The van der Waals surface area contributed by atoms with Crippen LogP contribution in [-0.2, 0) is 13.5 Å². The third-order valence-electron chi connectivity index (χ3n) is 5.37. The van der Waals surface area contributed by atoms with E-state index < -0.39 is 5.82 Å². The second-order valence-electron chi connectivity index (χ2n) is 7.42. The van der Waals surface area contributed by atoms with Gasteiger partial charge in [0.1, 0.15) is 5.82 Å². The van der Waals surface area contributed by atoms with E-state index in [9.17, 15) is 9.18 Å². The molecule has 4 rings (SSSR count). The monoisotopic (exact) mass is 433 g/mol. The van der Waals surface area contributed by atoms with E-state index in [1.165, 1.54) is 12.1 Å². The van der Waals surface area contributed by atoms with E-state index in [0.717, 1.165) is 11.3 Å². The number of hydrogen-bond donors (Lipinski definition) is 1. The molecule has 0 saturated heterocycles. The molecule has 1 amide bonds. The number of amides is 1. The minimum absolute atomic E-state index is 0.279. The molecular formula is C25H24FN3O3. The molecule has 2 aromatic carbocycles. The van der Waals surface area contributed by atoms with Gasteiger partial charge in [0.15, 0.2) is 11.5 Å². The van der Waals surface area contributed by atoms with E-state index in [-0.39, 0.29) is 5.91 Å². The summed E-state index contributed by atoms with van der Waals surface area (Å²) in [6.07, 6.45) is 2.52. The maximum absolute atomic E-state index is 13.9. The number of ether oxygens (including phenoxy) is 2. The van der Waals surface area contributed by atoms with Crippen molar-refractivity contribution in [1.29, 1.82) is 0 Å². The van der Waals surface area contributed by atoms with Crippen LogP contribution in [0, 0.1) is 5.82 Å². The smallest absolute Gasteiger partial charge is 0.252 e. The van der Waals surface area contributed by atoms with E-state index in [4.69, 9.17) is 9.47 Å². The van der Waals surface area contributed by atoms with Gasteiger partial charge in [-0.2, -0.15) is 0 Å². The third-order valence-corrected chi connectivity index (χ3v) is 5.37. The van der Waals surface area contributed by atoms with E-state index in [1.54, 1.807) is 26.4 Å². The Kier molecular flexibility index (Phi) is 6.07. The fourth-order valence-electron chi connectivity index (χ4n) is 3.70. The van der Waals surface area contributed by atoms with Crippen molar-refractivity contribution in [2.24, 2.45) is 7.05 Å². The van der Waals surface area contributed by atoms with Crippen molar-refractivity contribution in [3.63, 3.8) is 0 Å². The van der Waals surface area contributed by atoms with Crippen LogP contribution in [0.1, 0.15) is 15.9 Å². The molecule has 164 valence electrons. The van der Waals surface area contributed by atoms with E-state index in [1.807, 2.05) is 48.1 Å². The van der Waals surface area contributed by atoms with Gasteiger partial charge in [-0.1, -0.05) is 6.07 Å². The highest BCUT2D eigenvalue weighted by molar-refractivity contribution is 6.07. The number of benzene rings is 2. The molecule has 0 aliphatic heterocycles. The van der Waals surface area contributed by atoms with Gasteiger partial charge in [-0.05, 0) is 60.5 Å². The Balaban J connectivity index is 1.59. The van der Waals surface area contributed by atoms with Crippen LogP contribution in [0.25, 0.3) is 22.3 Å². The SMILES string of the molecule is COc1ccc(CCNC(=O)c2cc(-c3cccn3C)nc3ccc(F)cc23)cc1OC. The van der Waals surface area contributed by atoms with Crippen LogP contribution < -0.4 is 14.8 Å². The standard InChI is InChI=1S/C25H24FN3O3/c1-29-12-4-5-22(29)21-15-19(18-14-17(26)7-8-20(18)28-21)25(30)27-11-10-16-6-9-23(31-2)24(13-16)32-3/h4-9,12-15H,10-11H2,1-3H3,(H,27,30). The summed E-state index contributed by atoms with van der Waals surface area (Å²) in [5.41, 5.74) is 3.48. The summed E-state index contributed by atoms with van der Waals surface area (Å²) in [6, 6.07) is 15.5. The molecule has 2 heterocycles. The van der Waals surface area contributed by atoms with E-state index in [0.29, 0.717) is 46.6 Å². The van der Waals surface area contributed by atoms with Crippen LogP contribution >= 0.6 is 0 Å². The minimum Gasteiger partial charge on any atom is -0.493 e. The lowest BCUT2D eigenvalue weighted by Gasteiger charge is -2.12. The van der Waals surface area contributed by atoms with Crippen LogP contribution in [0.2, 0.25) is 0 Å². The number of pyridine rings is 1. The fourth-order valence-corrected chi connectivity index (χ4v) is 3.70. The Morgan fingerprint density at radius 2 is 1.88 bits per heavy atom. The van der Waals surface area contributed by atoms with Crippen LogP contribution in [0.5, 0.6) is 11.5 Å². The second-order valence-corrected chi connectivity index (χ2v) is 7.42. The summed E-state index contributed by atoms with van der Waals surface area (Å²) in [6.45, 7) is 0.410. The fraction of sp³-hybridized carbons (Fsp3) is 0.200. The number of halogens is 1. The first kappa shape index (κ1) is 21.4. The Labute approximate surface area is 185 Å². The number of nitrogens with one attached hydrogen (secondary N) is 1.